The number of nitrogens with one attached hydrogen (secondary N) is 1. The molecule has 1 atom stereocenters. The number of alkyl halides is 4. The first-order valence-corrected chi connectivity index (χ1v) is 10.9. The summed E-state index contributed by atoms with van der Waals surface area (Å²) in [5, 5.41) is 7.05. The third kappa shape index (κ3) is 5.99. The number of halogens is 4. The van der Waals surface area contributed by atoms with Gasteiger partial charge >= 0.3 is 17.3 Å². The maximum Gasteiger partial charge on any atom is 0.471 e. The molecule has 0 radical (unpaired) electrons. The highest BCUT2D eigenvalue weighted by atomic mass is 32.2. The van der Waals surface area contributed by atoms with Gasteiger partial charge < -0.3 is 14.8 Å². The van der Waals surface area contributed by atoms with E-state index in [4.69, 9.17) is 9.47 Å². The number of methoxy groups -OCH3 is 1. The van der Waals surface area contributed by atoms with Crippen LogP contribution in [0.1, 0.15) is 24.5 Å². The van der Waals surface area contributed by atoms with Crippen LogP contribution < -0.4 is 14.8 Å². The van der Waals surface area contributed by atoms with Gasteiger partial charge in [-0.15, -0.1) is 0 Å². The molecule has 0 fully saturated rings. The van der Waals surface area contributed by atoms with Gasteiger partial charge in [0.1, 0.15) is 0 Å². The summed E-state index contributed by atoms with van der Waals surface area (Å²) in [5.41, 5.74) is 1.86. The van der Waals surface area contributed by atoms with Gasteiger partial charge in [0.2, 0.25) is 6.86 Å². The molecule has 1 unspecified atom stereocenters. The average Bonchev–Trinajstić information content (AvgIpc) is 2.81. The summed E-state index contributed by atoms with van der Waals surface area (Å²) in [4.78, 5) is 23.7. The molecular formula is C22H21F4N3O4S. The fourth-order valence-electron chi connectivity index (χ4n) is 3.17. The molecular weight excluding hydrogens is 478 g/mol. The Kier molecular flexibility index (Phi) is 8.02. The van der Waals surface area contributed by atoms with Crippen molar-refractivity contribution in [2.45, 2.75) is 31.3 Å². The van der Waals surface area contributed by atoms with E-state index in [2.05, 4.69) is 5.10 Å². The fourth-order valence-corrected chi connectivity index (χ4v) is 4.10. The number of amides is 2. The highest BCUT2D eigenvalue weighted by Gasteiger charge is 2.38. The van der Waals surface area contributed by atoms with Gasteiger partial charge in [0.05, 0.1) is 24.6 Å². The van der Waals surface area contributed by atoms with Gasteiger partial charge in [-0.2, -0.15) is 18.3 Å². The summed E-state index contributed by atoms with van der Waals surface area (Å²) in [6, 6.07) is 10.5. The number of hydrogen-bond donors (Lipinski definition) is 1. The van der Waals surface area contributed by atoms with Crippen molar-refractivity contribution in [3.8, 4) is 11.5 Å². The van der Waals surface area contributed by atoms with Crippen LogP contribution in [0.5, 0.6) is 11.5 Å². The van der Waals surface area contributed by atoms with Gasteiger partial charge in [0.25, 0.3) is 0 Å². The summed E-state index contributed by atoms with van der Waals surface area (Å²) in [5.74, 6) is -1.52. The molecule has 1 aliphatic rings. The quantitative estimate of drug-likeness (QED) is 0.495. The Morgan fingerprint density at radius 3 is 2.47 bits per heavy atom. The van der Waals surface area contributed by atoms with Crippen molar-refractivity contribution in [2.75, 3.05) is 19.3 Å². The summed E-state index contributed by atoms with van der Waals surface area (Å²) < 4.78 is 60.0. The zero-order valence-corrected chi connectivity index (χ0v) is 19.0. The molecule has 0 bridgehead atoms. The minimum absolute atomic E-state index is 0.0247. The first-order valence-electron chi connectivity index (χ1n) is 10.1. The summed E-state index contributed by atoms with van der Waals surface area (Å²) in [6.45, 7) is 0.979. The molecule has 2 aromatic rings. The Labute approximate surface area is 197 Å². The third-order valence-corrected chi connectivity index (χ3v) is 6.08. The fraction of sp³-hybridized carbons (Fsp3) is 0.318. The van der Waals surface area contributed by atoms with Crippen LogP contribution in [-0.2, 0) is 11.3 Å². The topological polar surface area (TPSA) is 80.2 Å². The zero-order valence-electron chi connectivity index (χ0n) is 18.2. The number of thioether (sulfide) groups is 1. The molecule has 1 N–H and O–H groups in total. The van der Waals surface area contributed by atoms with Crippen molar-refractivity contribution in [2.24, 2.45) is 5.10 Å². The monoisotopic (exact) mass is 499 g/mol. The Bertz CT molecular complexity index is 1080. The zero-order chi connectivity index (χ0) is 24.9. The standard InChI is InChI=1S/C22H21F4N3O4S/c1-3-18-19(14-6-9-16(33-12-23)17(10-14)32-2)28-29(21(31)34-18)11-13-4-7-15(8-5-13)27-20(30)22(24,25)26/h4-10,18H,3,11-12H2,1-2H3,(H,27,30). The van der Waals surface area contributed by atoms with E-state index < -0.39 is 18.9 Å². The maximum atomic E-state index is 12.6. The van der Waals surface area contributed by atoms with Crippen LogP contribution in [0.4, 0.5) is 28.0 Å². The third-order valence-electron chi connectivity index (χ3n) is 4.83. The Balaban J connectivity index is 1.83. The van der Waals surface area contributed by atoms with Crippen LogP contribution >= 0.6 is 11.8 Å². The van der Waals surface area contributed by atoms with E-state index in [0.29, 0.717) is 29.0 Å². The van der Waals surface area contributed by atoms with E-state index in [1.54, 1.807) is 23.5 Å². The second-order valence-corrected chi connectivity index (χ2v) is 8.25. The molecule has 0 saturated heterocycles. The van der Waals surface area contributed by atoms with Crippen molar-refractivity contribution in [1.82, 2.24) is 5.01 Å². The molecule has 0 aliphatic carbocycles. The van der Waals surface area contributed by atoms with Crippen LogP contribution in [0.2, 0.25) is 0 Å². The molecule has 12 heteroatoms. The molecule has 1 heterocycles. The molecule has 0 spiro atoms. The number of hydrazone groups is 1. The lowest BCUT2D eigenvalue weighted by Gasteiger charge is -2.28. The van der Waals surface area contributed by atoms with E-state index >= 15 is 0 Å². The molecule has 0 saturated carbocycles. The largest absolute Gasteiger partial charge is 0.493 e. The van der Waals surface area contributed by atoms with Crippen LogP contribution in [0.25, 0.3) is 0 Å². The number of ether oxygens (including phenoxy) is 2. The van der Waals surface area contributed by atoms with Crippen molar-refractivity contribution in [3.05, 3.63) is 53.6 Å². The molecule has 182 valence electrons. The lowest BCUT2D eigenvalue weighted by molar-refractivity contribution is -0.167. The molecule has 2 aromatic carbocycles. The van der Waals surface area contributed by atoms with Crippen molar-refractivity contribution >= 4 is 34.3 Å². The number of hydrogen-bond acceptors (Lipinski definition) is 6. The predicted octanol–water partition coefficient (Wildman–Crippen LogP) is 5.35. The van der Waals surface area contributed by atoms with E-state index in [0.717, 1.165) is 11.8 Å². The highest BCUT2D eigenvalue weighted by molar-refractivity contribution is 8.14. The number of carbonyl (C=O) groups is 2. The molecule has 0 aromatic heterocycles. The number of rotatable bonds is 8. The van der Waals surface area contributed by atoms with E-state index in [9.17, 15) is 27.2 Å². The molecule has 7 nitrogen and oxygen atoms in total. The van der Waals surface area contributed by atoms with Crippen molar-refractivity contribution in [1.29, 1.82) is 0 Å². The second-order valence-electron chi connectivity index (χ2n) is 7.09. The first kappa shape index (κ1) is 25.3. The summed E-state index contributed by atoms with van der Waals surface area (Å²) >= 11 is 1.10. The maximum absolute atomic E-state index is 12.6. The number of nitrogens with zero attached hydrogens (tertiary/aromatic N) is 2. The lowest BCUT2D eigenvalue weighted by Crippen LogP contribution is -2.34. The molecule has 2 amide bonds. The second kappa shape index (κ2) is 10.8. The van der Waals surface area contributed by atoms with Crippen LogP contribution in [0.15, 0.2) is 47.6 Å². The van der Waals surface area contributed by atoms with Crippen molar-refractivity contribution < 1.29 is 36.6 Å². The van der Waals surface area contributed by atoms with Gasteiger partial charge in [-0.3, -0.25) is 9.59 Å². The Hall–Kier alpha value is -3.28. The SMILES string of the molecule is CCC1SC(=O)N(Cc2ccc(NC(=O)C(F)(F)F)cc2)N=C1c1ccc(OCF)c(OC)c1. The van der Waals surface area contributed by atoms with Gasteiger partial charge in [0, 0.05) is 11.3 Å². The van der Waals surface area contributed by atoms with Crippen LogP contribution in [-0.4, -0.2) is 47.3 Å². The van der Waals surface area contributed by atoms with E-state index in [1.165, 1.54) is 36.4 Å². The number of benzene rings is 2. The Morgan fingerprint density at radius 1 is 1.18 bits per heavy atom. The summed E-state index contributed by atoms with van der Waals surface area (Å²) in [7, 11) is 1.43. The van der Waals surface area contributed by atoms with Crippen LogP contribution in [0.3, 0.4) is 0 Å². The Morgan fingerprint density at radius 2 is 1.88 bits per heavy atom. The van der Waals surface area contributed by atoms with Crippen LogP contribution in [0, 0.1) is 0 Å². The predicted molar refractivity (Wildman–Crippen MR) is 120 cm³/mol. The minimum Gasteiger partial charge on any atom is -0.493 e. The van der Waals surface area contributed by atoms with Gasteiger partial charge in [-0.1, -0.05) is 30.8 Å². The van der Waals surface area contributed by atoms with E-state index in [1.807, 2.05) is 6.92 Å². The first-order chi connectivity index (χ1) is 16.2. The normalized spacial score (nSPS) is 16.2. The van der Waals surface area contributed by atoms with Gasteiger partial charge in [-0.05, 0) is 42.3 Å². The number of carbonyl (C=O) groups excluding carboxylic acids is 2. The molecule has 34 heavy (non-hydrogen) atoms. The van der Waals surface area contributed by atoms with E-state index in [-0.39, 0.29) is 28.5 Å². The van der Waals surface area contributed by atoms with Crippen molar-refractivity contribution in [3.63, 3.8) is 0 Å². The summed E-state index contributed by atoms with van der Waals surface area (Å²) in [6.07, 6.45) is -4.36. The van der Waals surface area contributed by atoms with Gasteiger partial charge in [-0.25, -0.2) is 9.40 Å². The lowest BCUT2D eigenvalue weighted by atomic mass is 10.0. The van der Waals surface area contributed by atoms with Gasteiger partial charge in [0.15, 0.2) is 11.5 Å². The number of anilines is 1. The smallest absolute Gasteiger partial charge is 0.471 e. The minimum atomic E-state index is -4.99. The highest BCUT2D eigenvalue weighted by Crippen LogP contribution is 2.34. The molecule has 1 aliphatic heterocycles. The average molecular weight is 499 g/mol. The molecule has 3 rings (SSSR count).